The molecule has 17 heteroatoms. The van der Waals surface area contributed by atoms with Crippen molar-refractivity contribution in [1.29, 1.82) is 0 Å². The number of ether oxygens (including phenoxy) is 4. The van der Waals surface area contributed by atoms with Crippen molar-refractivity contribution in [3.63, 3.8) is 0 Å². The molecule has 0 saturated heterocycles. The van der Waals surface area contributed by atoms with E-state index in [1.54, 1.807) is 126 Å². The molecule has 0 unspecified atom stereocenters. The first-order valence-corrected chi connectivity index (χ1v) is 25.2. The molecular formula is C64H52F4MgN4O8. The van der Waals surface area contributed by atoms with Gasteiger partial charge in [0.15, 0.2) is 5.75 Å². The van der Waals surface area contributed by atoms with E-state index in [1.165, 1.54) is 27.7 Å². The zero-order valence-electron chi connectivity index (χ0n) is 46.4. The Hall–Kier alpha value is -9.19. The molecule has 1 N–H and O–H groups in total. The first kappa shape index (κ1) is 58.0. The van der Waals surface area contributed by atoms with Crippen LogP contribution in [0.15, 0.2) is 175 Å². The third kappa shape index (κ3) is 14.2. The number of esters is 4. The third-order valence-corrected chi connectivity index (χ3v) is 12.3. The Morgan fingerprint density at radius 3 is 1.31 bits per heavy atom. The van der Waals surface area contributed by atoms with E-state index in [1.807, 2.05) is 30.3 Å². The van der Waals surface area contributed by atoms with E-state index in [-0.39, 0.29) is 105 Å². The molecule has 0 radical (unpaired) electrons. The van der Waals surface area contributed by atoms with Gasteiger partial charge in [-0.3, -0.25) is 19.2 Å². The minimum atomic E-state index is -0.830. The second-order valence-corrected chi connectivity index (χ2v) is 18.4. The van der Waals surface area contributed by atoms with Crippen LogP contribution in [0.2, 0.25) is 0 Å². The summed E-state index contributed by atoms with van der Waals surface area (Å²) >= 11 is 0. The van der Waals surface area contributed by atoms with Gasteiger partial charge >= 0.3 is 46.9 Å². The average molecular weight is 1110 g/mol. The Bertz CT molecular complexity index is 4000. The summed E-state index contributed by atoms with van der Waals surface area (Å²) in [6, 6.07) is 35.5. The van der Waals surface area contributed by atoms with E-state index in [4.69, 9.17) is 28.9 Å². The van der Waals surface area contributed by atoms with Crippen LogP contribution in [0.3, 0.4) is 0 Å². The first-order valence-electron chi connectivity index (χ1n) is 25.2. The molecule has 3 aromatic heterocycles. The molecule has 0 aliphatic carbocycles. The summed E-state index contributed by atoms with van der Waals surface area (Å²) in [6.45, 7) is 4.80. The van der Waals surface area contributed by atoms with Crippen LogP contribution in [0.5, 0.6) is 23.0 Å². The molecule has 7 aromatic rings. The van der Waals surface area contributed by atoms with Gasteiger partial charge in [0.05, 0.1) is 88.5 Å². The molecule has 81 heavy (non-hydrogen) atoms. The van der Waals surface area contributed by atoms with Gasteiger partial charge in [-0.15, -0.1) is 0 Å². The number of aromatic nitrogens is 4. The molecule has 4 aromatic carbocycles. The van der Waals surface area contributed by atoms with Gasteiger partial charge in [-0.1, -0.05) is 66.7 Å². The monoisotopic (exact) mass is 1100 g/mol. The van der Waals surface area contributed by atoms with E-state index >= 15 is 0 Å². The summed E-state index contributed by atoms with van der Waals surface area (Å²) < 4.78 is 83.1. The normalized spacial score (nSPS) is 12.4. The number of nitrogens with zero attached hydrogens (tertiary/aromatic N) is 3. The number of hydrogen-bond acceptors (Lipinski definition) is 10. The summed E-state index contributed by atoms with van der Waals surface area (Å²) in [7, 11) is 0. The van der Waals surface area contributed by atoms with Crippen molar-refractivity contribution >= 4 is 93.3 Å². The van der Waals surface area contributed by atoms with Gasteiger partial charge in [0, 0.05) is 44.4 Å². The quantitative estimate of drug-likeness (QED) is 0.0428. The summed E-state index contributed by atoms with van der Waals surface area (Å²) in [5.74, 6) is -5.75. The first-order chi connectivity index (χ1) is 38.6. The minimum absolute atomic E-state index is 0. The maximum atomic E-state index is 14.2. The van der Waals surface area contributed by atoms with Crippen LogP contribution in [-0.4, -0.2) is 66.4 Å². The zero-order chi connectivity index (χ0) is 56.5. The van der Waals surface area contributed by atoms with Crippen LogP contribution in [0.4, 0.5) is 17.6 Å². The van der Waals surface area contributed by atoms with Crippen LogP contribution >= 0.6 is 0 Å². The van der Waals surface area contributed by atoms with Crippen molar-refractivity contribution in [2.24, 2.45) is 0 Å². The molecule has 8 bridgehead atoms. The molecule has 0 spiro atoms. The predicted molar refractivity (Wildman–Crippen MR) is 309 cm³/mol. The number of hydrogen-bond donors (Lipinski definition) is 1. The van der Waals surface area contributed by atoms with Crippen molar-refractivity contribution in [3.8, 4) is 62.1 Å². The summed E-state index contributed by atoms with van der Waals surface area (Å²) in [4.78, 5) is 68.9. The molecule has 2 aliphatic heterocycles. The number of allylic oxidation sites excluding steroid dienone is 4. The second-order valence-electron chi connectivity index (χ2n) is 18.4. The van der Waals surface area contributed by atoms with E-state index in [0.29, 0.717) is 22.6 Å². The fourth-order valence-corrected chi connectivity index (χ4v) is 8.91. The molecule has 0 amide bonds. The zero-order valence-corrected chi connectivity index (χ0v) is 45.8. The molecular weight excluding hydrogens is 1050 g/mol. The third-order valence-electron chi connectivity index (χ3n) is 12.3. The summed E-state index contributed by atoms with van der Waals surface area (Å²) in [5, 5.41) is 0. The fourth-order valence-electron chi connectivity index (χ4n) is 8.91. The summed E-state index contributed by atoms with van der Waals surface area (Å²) in [5.41, 5.74) is 5.28. The SMILES string of the molecule is CC(F)=CCC(=O)Oc1ccccc1-c1c(-c2ccccc2OC(=O)CC=C(C)F)c2c(-c3ccccc3OC(=O)CC=C(C)F)c3nc(cc4ccc(cc5nc(cc1n2-c1ccccc1OC(=O)CC=C(C)F)C=C5)[nH]4)C=C3.[H-].[H-].[Mg+2]. The Morgan fingerprint density at radius 1 is 0.469 bits per heavy atom. The summed E-state index contributed by atoms with van der Waals surface area (Å²) in [6.07, 6.45) is 9.67. The van der Waals surface area contributed by atoms with Crippen molar-refractivity contribution in [1.82, 2.24) is 19.5 Å². The van der Waals surface area contributed by atoms with Gasteiger partial charge in [0.1, 0.15) is 17.2 Å². The van der Waals surface area contributed by atoms with Crippen molar-refractivity contribution in [2.45, 2.75) is 53.4 Å². The smallest absolute Gasteiger partial charge is 1.00 e. The molecule has 9 rings (SSSR count). The van der Waals surface area contributed by atoms with Gasteiger partial charge in [-0.25, -0.2) is 27.5 Å². The van der Waals surface area contributed by atoms with E-state index in [0.717, 1.165) is 29.8 Å². The minimum Gasteiger partial charge on any atom is -1.00 e. The predicted octanol–water partition coefficient (Wildman–Crippen LogP) is 15.6. The van der Waals surface area contributed by atoms with Gasteiger partial charge in [0.25, 0.3) is 0 Å². The van der Waals surface area contributed by atoms with Crippen LogP contribution in [0.25, 0.3) is 85.4 Å². The van der Waals surface area contributed by atoms with E-state index in [9.17, 15) is 36.7 Å². The molecule has 2 aliphatic rings. The molecule has 0 fully saturated rings. The van der Waals surface area contributed by atoms with Crippen LogP contribution in [0.1, 0.15) is 79.0 Å². The Kier molecular flexibility index (Phi) is 18.7. The Balaban J connectivity index is 0.00000369. The molecule has 12 nitrogen and oxygen atoms in total. The van der Waals surface area contributed by atoms with Gasteiger partial charge < -0.3 is 31.4 Å². The second kappa shape index (κ2) is 26.2. The van der Waals surface area contributed by atoms with Crippen LogP contribution in [0, 0.1) is 0 Å². The molecule has 5 heterocycles. The molecule has 0 saturated carbocycles. The standard InChI is InChI=1S/C64H50F4N4O8.Mg.2H/c1-38(65)21-31-57(73)77-53-17-9-5-13-47(53)61-50-30-29-45(71-50)36-44-26-25-42(69-44)35-43-27-28-46(70-43)37-52-62(48-14-6-10-18-54(48)78-58(74)32-22-39(2)66)63(49-15-7-11-19-55(49)79-59(75)33-23-40(3)67)64(61)72(52)51-16-8-12-20-56(51)80-60(76)34-24-41(4)68;;;/h5-30,35-37,69H,31-34H2,1-4H3;;;/q;+2;2*-1. The number of nitrogens with one attached hydrogen (secondary N) is 1. The van der Waals surface area contributed by atoms with Gasteiger partial charge in [-0.2, -0.15) is 0 Å². The van der Waals surface area contributed by atoms with Crippen LogP contribution < -0.4 is 18.9 Å². The Labute approximate surface area is 482 Å². The number of H-pyrrole nitrogens is 1. The number of aromatic amines is 1. The van der Waals surface area contributed by atoms with Crippen molar-refractivity contribution < 1.29 is 58.5 Å². The van der Waals surface area contributed by atoms with Gasteiger partial charge in [0.2, 0.25) is 0 Å². The largest absolute Gasteiger partial charge is 2.00 e. The van der Waals surface area contributed by atoms with E-state index in [2.05, 4.69) is 4.98 Å². The average Bonchev–Trinajstić information content (AvgIpc) is 3.96. The number of benzene rings is 4. The molecule has 406 valence electrons. The number of rotatable bonds is 16. The van der Waals surface area contributed by atoms with Gasteiger partial charge in [-0.05, 0) is 137 Å². The number of carbonyl (C=O) groups excluding carboxylic acids is 4. The fraction of sp³-hybridized carbons (Fsp3) is 0.125. The maximum absolute atomic E-state index is 14.2. The maximum Gasteiger partial charge on any atom is 2.00 e. The molecule has 0 atom stereocenters. The van der Waals surface area contributed by atoms with Crippen molar-refractivity contribution in [2.75, 3.05) is 0 Å². The van der Waals surface area contributed by atoms with E-state index < -0.39 is 72.9 Å². The van der Waals surface area contributed by atoms with Crippen molar-refractivity contribution in [3.05, 3.63) is 198 Å². The number of carbonyl (C=O) groups is 4. The number of fused-ring (bicyclic) bond motifs is 8. The Morgan fingerprint density at radius 2 is 0.840 bits per heavy atom. The topological polar surface area (TPSA) is 152 Å². The van der Waals surface area contributed by atoms with Crippen LogP contribution in [-0.2, 0) is 19.2 Å². The number of para-hydroxylation sites is 5. The number of halogens is 4.